The molecule has 1 aromatic rings. The van der Waals surface area contributed by atoms with Crippen LogP contribution in [0.25, 0.3) is 0 Å². The second-order valence-corrected chi connectivity index (χ2v) is 10.0. The van der Waals surface area contributed by atoms with E-state index in [-0.39, 0.29) is 5.60 Å². The zero-order valence-corrected chi connectivity index (χ0v) is 11.1. The van der Waals surface area contributed by atoms with Gasteiger partial charge in [-0.3, -0.25) is 0 Å². The topological polar surface area (TPSA) is 9.23 Å². The van der Waals surface area contributed by atoms with Crippen LogP contribution in [-0.4, -0.2) is 8.32 Å². The molecule has 0 spiro atoms. The summed E-state index contributed by atoms with van der Waals surface area (Å²) in [7, 11) is -1.45. The molecule has 2 unspecified atom stereocenters. The molecular weight excluding hydrogens is 200 g/mol. The fourth-order valence-corrected chi connectivity index (χ4v) is 3.76. The van der Waals surface area contributed by atoms with Crippen LogP contribution in [0, 0.1) is 5.92 Å². The summed E-state index contributed by atoms with van der Waals surface area (Å²) in [5.74, 6) is 0.673. The van der Waals surface area contributed by atoms with Crippen molar-refractivity contribution < 1.29 is 4.43 Å². The van der Waals surface area contributed by atoms with E-state index in [0.29, 0.717) is 5.92 Å². The molecule has 1 saturated carbocycles. The average molecular weight is 220 g/mol. The summed E-state index contributed by atoms with van der Waals surface area (Å²) in [6, 6.07) is 10.7. The molecule has 1 aliphatic rings. The molecule has 1 aliphatic carbocycles. The molecule has 82 valence electrons. The lowest BCUT2D eigenvalue weighted by molar-refractivity contribution is 0.156. The fraction of sp³-hybridized carbons (Fsp3) is 0.538. The third-order valence-electron chi connectivity index (χ3n) is 3.00. The summed E-state index contributed by atoms with van der Waals surface area (Å²) in [4.78, 5) is 0. The summed E-state index contributed by atoms with van der Waals surface area (Å²) < 4.78 is 6.37. The highest BCUT2D eigenvalue weighted by Crippen LogP contribution is 2.56. The molecule has 0 amide bonds. The molecule has 0 bridgehead atoms. The zero-order chi connectivity index (χ0) is 11.1. The quantitative estimate of drug-likeness (QED) is 0.705. The van der Waals surface area contributed by atoms with Gasteiger partial charge in [-0.2, -0.15) is 0 Å². The molecule has 0 aliphatic heterocycles. The molecular formula is C13H20OSi. The standard InChI is InChI=1S/C13H20OSi/c1-11-10-13(11,14-15(2,3)4)12-8-6-5-7-9-12/h5-9,11H,10H2,1-4H3. The van der Waals surface area contributed by atoms with Gasteiger partial charge in [-0.1, -0.05) is 37.3 Å². The van der Waals surface area contributed by atoms with Gasteiger partial charge < -0.3 is 4.43 Å². The maximum atomic E-state index is 6.37. The number of rotatable bonds is 3. The third-order valence-corrected chi connectivity index (χ3v) is 3.97. The lowest BCUT2D eigenvalue weighted by Gasteiger charge is -2.27. The zero-order valence-electron chi connectivity index (χ0n) is 10.1. The second-order valence-electron chi connectivity index (χ2n) is 5.58. The van der Waals surface area contributed by atoms with Crippen LogP contribution >= 0.6 is 0 Å². The first-order chi connectivity index (χ1) is 6.94. The number of hydrogen-bond donors (Lipinski definition) is 0. The molecule has 1 fully saturated rings. The van der Waals surface area contributed by atoms with Crippen LogP contribution in [-0.2, 0) is 10.0 Å². The predicted molar refractivity (Wildman–Crippen MR) is 66.3 cm³/mol. The van der Waals surface area contributed by atoms with Crippen molar-refractivity contribution in [2.75, 3.05) is 0 Å². The Morgan fingerprint density at radius 2 is 1.73 bits per heavy atom. The molecule has 0 aromatic heterocycles. The third kappa shape index (κ3) is 2.16. The normalized spacial score (nSPS) is 30.3. The van der Waals surface area contributed by atoms with Crippen molar-refractivity contribution in [1.82, 2.24) is 0 Å². The first-order valence-corrected chi connectivity index (χ1v) is 9.11. The van der Waals surface area contributed by atoms with Gasteiger partial charge in [0.05, 0.1) is 5.60 Å². The van der Waals surface area contributed by atoms with E-state index in [1.54, 1.807) is 0 Å². The molecule has 15 heavy (non-hydrogen) atoms. The van der Waals surface area contributed by atoms with E-state index in [4.69, 9.17) is 4.43 Å². The highest BCUT2D eigenvalue weighted by molar-refractivity contribution is 6.69. The van der Waals surface area contributed by atoms with Gasteiger partial charge >= 0.3 is 0 Å². The van der Waals surface area contributed by atoms with Gasteiger partial charge in [0.25, 0.3) is 0 Å². The summed E-state index contributed by atoms with van der Waals surface area (Å²) in [5.41, 5.74) is 1.41. The molecule has 2 rings (SSSR count). The van der Waals surface area contributed by atoms with Crippen molar-refractivity contribution in [2.45, 2.75) is 38.6 Å². The van der Waals surface area contributed by atoms with Crippen molar-refractivity contribution in [1.29, 1.82) is 0 Å². The first kappa shape index (κ1) is 10.9. The summed E-state index contributed by atoms with van der Waals surface area (Å²) >= 11 is 0. The lowest BCUT2D eigenvalue weighted by atomic mass is 10.1. The highest BCUT2D eigenvalue weighted by atomic mass is 28.4. The van der Waals surface area contributed by atoms with E-state index in [1.165, 1.54) is 12.0 Å². The Morgan fingerprint density at radius 3 is 2.13 bits per heavy atom. The predicted octanol–water partition coefficient (Wildman–Crippen LogP) is 3.77. The molecule has 2 atom stereocenters. The summed E-state index contributed by atoms with van der Waals surface area (Å²) in [6.45, 7) is 9.08. The van der Waals surface area contributed by atoms with Crippen molar-refractivity contribution in [3.05, 3.63) is 35.9 Å². The van der Waals surface area contributed by atoms with E-state index in [9.17, 15) is 0 Å². The van der Waals surface area contributed by atoms with Crippen LogP contribution < -0.4 is 0 Å². The number of hydrogen-bond acceptors (Lipinski definition) is 1. The van der Waals surface area contributed by atoms with E-state index in [0.717, 1.165) is 0 Å². The van der Waals surface area contributed by atoms with Crippen molar-refractivity contribution in [3.8, 4) is 0 Å². The summed E-state index contributed by atoms with van der Waals surface area (Å²) in [5, 5.41) is 0. The van der Waals surface area contributed by atoms with Gasteiger partial charge in [0.15, 0.2) is 8.32 Å². The Bertz CT molecular complexity index is 341. The molecule has 0 N–H and O–H groups in total. The Balaban J connectivity index is 2.25. The Kier molecular flexibility index (Phi) is 2.51. The Hall–Kier alpha value is -0.603. The summed E-state index contributed by atoms with van der Waals surface area (Å²) in [6.07, 6.45) is 1.18. The van der Waals surface area contributed by atoms with Crippen LogP contribution in [0.1, 0.15) is 18.9 Å². The highest BCUT2D eigenvalue weighted by Gasteiger charge is 2.55. The fourth-order valence-electron chi connectivity index (χ4n) is 2.27. The smallest absolute Gasteiger partial charge is 0.184 e. The molecule has 0 heterocycles. The SMILES string of the molecule is CC1CC1(O[Si](C)(C)C)c1ccccc1. The van der Waals surface area contributed by atoms with Gasteiger partial charge in [0, 0.05) is 0 Å². The van der Waals surface area contributed by atoms with Gasteiger partial charge in [-0.05, 0) is 37.5 Å². The van der Waals surface area contributed by atoms with Crippen LogP contribution in [0.2, 0.25) is 19.6 Å². The van der Waals surface area contributed by atoms with Gasteiger partial charge in [0.2, 0.25) is 0 Å². The van der Waals surface area contributed by atoms with Crippen molar-refractivity contribution >= 4 is 8.32 Å². The Morgan fingerprint density at radius 1 is 1.20 bits per heavy atom. The average Bonchev–Trinajstić information content (AvgIpc) is 2.76. The molecule has 0 saturated heterocycles. The molecule has 1 aromatic carbocycles. The minimum atomic E-state index is -1.45. The molecule has 0 radical (unpaired) electrons. The molecule has 2 heteroatoms. The largest absolute Gasteiger partial charge is 0.408 e. The van der Waals surface area contributed by atoms with E-state index >= 15 is 0 Å². The molecule has 1 nitrogen and oxygen atoms in total. The van der Waals surface area contributed by atoms with Crippen molar-refractivity contribution in [3.63, 3.8) is 0 Å². The monoisotopic (exact) mass is 220 g/mol. The van der Waals surface area contributed by atoms with Gasteiger partial charge in [0.1, 0.15) is 0 Å². The second kappa shape index (κ2) is 3.46. The Labute approximate surface area is 93.6 Å². The van der Waals surface area contributed by atoms with E-state index < -0.39 is 8.32 Å². The van der Waals surface area contributed by atoms with Crippen LogP contribution in [0.5, 0.6) is 0 Å². The maximum Gasteiger partial charge on any atom is 0.184 e. The van der Waals surface area contributed by atoms with E-state index in [1.807, 2.05) is 0 Å². The van der Waals surface area contributed by atoms with Crippen molar-refractivity contribution in [2.24, 2.45) is 5.92 Å². The first-order valence-electron chi connectivity index (χ1n) is 5.70. The van der Waals surface area contributed by atoms with Crippen LogP contribution in [0.3, 0.4) is 0 Å². The van der Waals surface area contributed by atoms with Crippen LogP contribution in [0.15, 0.2) is 30.3 Å². The van der Waals surface area contributed by atoms with Gasteiger partial charge in [-0.15, -0.1) is 0 Å². The maximum absolute atomic E-state index is 6.37. The minimum absolute atomic E-state index is 0.0474. The minimum Gasteiger partial charge on any atom is -0.408 e. The van der Waals surface area contributed by atoms with Crippen LogP contribution in [0.4, 0.5) is 0 Å². The van der Waals surface area contributed by atoms with Gasteiger partial charge in [-0.25, -0.2) is 0 Å². The number of benzene rings is 1. The lowest BCUT2D eigenvalue weighted by Crippen LogP contribution is -2.33. The van der Waals surface area contributed by atoms with E-state index in [2.05, 4.69) is 56.9 Å².